The van der Waals surface area contributed by atoms with Crippen molar-refractivity contribution in [2.24, 2.45) is 0 Å². The predicted molar refractivity (Wildman–Crippen MR) is 60.6 cm³/mol. The Hall–Kier alpha value is -1.46. The van der Waals surface area contributed by atoms with Crippen molar-refractivity contribution in [1.82, 2.24) is 0 Å². The number of carbonyl (C=O) groups excluding carboxylic acids is 1. The van der Waals surface area contributed by atoms with Crippen LogP contribution in [0.25, 0.3) is 0 Å². The highest BCUT2D eigenvalue weighted by atomic mass is 35.5. The number of halogens is 1. The van der Waals surface area contributed by atoms with Crippen LogP contribution in [-0.2, 0) is 0 Å². The molecule has 0 radical (unpaired) electrons. The van der Waals surface area contributed by atoms with Crippen molar-refractivity contribution >= 4 is 17.9 Å². The summed E-state index contributed by atoms with van der Waals surface area (Å²) in [5, 5.41) is 0. The Balaban J connectivity index is 3.02. The molecule has 0 aromatic heterocycles. The summed E-state index contributed by atoms with van der Waals surface area (Å²) in [4.78, 5) is 10.7. The Labute approximate surface area is 94.2 Å². The van der Waals surface area contributed by atoms with Gasteiger partial charge in [-0.1, -0.05) is 11.8 Å². The lowest BCUT2D eigenvalue weighted by Gasteiger charge is -2.01. The molecule has 78 valence electrons. The normalized spacial score (nSPS) is 8.93. The lowest BCUT2D eigenvalue weighted by molar-refractivity contribution is 0.112. The molecule has 0 aliphatic heterocycles. The molecule has 0 aliphatic carbocycles. The van der Waals surface area contributed by atoms with E-state index in [-0.39, 0.29) is 0 Å². The summed E-state index contributed by atoms with van der Waals surface area (Å²) in [5.74, 6) is 6.96. The molecule has 1 aromatic rings. The van der Waals surface area contributed by atoms with Crippen molar-refractivity contribution in [2.75, 3.05) is 13.0 Å². The van der Waals surface area contributed by atoms with Gasteiger partial charge >= 0.3 is 0 Å². The number of hydrogen-bond acceptors (Lipinski definition) is 2. The molecule has 0 atom stereocenters. The van der Waals surface area contributed by atoms with Crippen LogP contribution < -0.4 is 4.74 Å². The maximum Gasteiger partial charge on any atom is 0.151 e. The van der Waals surface area contributed by atoms with Gasteiger partial charge in [-0.3, -0.25) is 4.79 Å². The number of carbonyl (C=O) groups is 1. The van der Waals surface area contributed by atoms with Crippen LogP contribution in [0, 0.1) is 11.8 Å². The summed E-state index contributed by atoms with van der Waals surface area (Å²) in [6.07, 6.45) is 1.39. The van der Waals surface area contributed by atoms with E-state index in [1.54, 1.807) is 25.3 Å². The van der Waals surface area contributed by atoms with E-state index in [9.17, 15) is 4.79 Å². The lowest BCUT2D eigenvalue weighted by atomic mass is 10.1. The van der Waals surface area contributed by atoms with Gasteiger partial charge in [0.2, 0.25) is 0 Å². The van der Waals surface area contributed by atoms with Crippen molar-refractivity contribution in [3.8, 4) is 17.6 Å². The minimum atomic E-state index is 0.493. The van der Waals surface area contributed by atoms with Crippen LogP contribution >= 0.6 is 11.6 Å². The van der Waals surface area contributed by atoms with E-state index in [4.69, 9.17) is 16.3 Å². The molecule has 0 heterocycles. The van der Waals surface area contributed by atoms with Gasteiger partial charge in [-0.05, 0) is 18.2 Å². The molecular formula is C12H11ClO2. The Morgan fingerprint density at radius 1 is 1.53 bits per heavy atom. The molecule has 0 bridgehead atoms. The Kier molecular flexibility index (Phi) is 4.73. The number of ether oxygens (including phenoxy) is 1. The molecule has 15 heavy (non-hydrogen) atoms. The highest BCUT2D eigenvalue weighted by Crippen LogP contribution is 2.15. The minimum Gasteiger partial charge on any atom is -0.497 e. The second kappa shape index (κ2) is 6.10. The van der Waals surface area contributed by atoms with Crippen LogP contribution in [0.5, 0.6) is 5.75 Å². The molecule has 3 heteroatoms. The van der Waals surface area contributed by atoms with Gasteiger partial charge in [0.05, 0.1) is 7.11 Å². The average molecular weight is 223 g/mol. The number of methoxy groups -OCH3 is 1. The van der Waals surface area contributed by atoms with E-state index < -0.39 is 0 Å². The number of rotatable bonds is 3. The zero-order valence-electron chi connectivity index (χ0n) is 8.42. The number of aldehydes is 1. The average Bonchev–Trinajstić information content (AvgIpc) is 2.29. The van der Waals surface area contributed by atoms with Crippen LogP contribution in [0.4, 0.5) is 0 Å². The molecule has 0 spiro atoms. The maximum absolute atomic E-state index is 10.7. The van der Waals surface area contributed by atoms with E-state index in [1.807, 2.05) is 0 Å². The van der Waals surface area contributed by atoms with Crippen molar-refractivity contribution in [2.45, 2.75) is 6.42 Å². The van der Waals surface area contributed by atoms with Crippen LogP contribution in [0.3, 0.4) is 0 Å². The lowest BCUT2D eigenvalue weighted by Crippen LogP contribution is -1.90. The van der Waals surface area contributed by atoms with Gasteiger partial charge in [-0.25, -0.2) is 0 Å². The first-order chi connectivity index (χ1) is 7.31. The van der Waals surface area contributed by atoms with E-state index in [0.717, 1.165) is 6.29 Å². The zero-order valence-corrected chi connectivity index (χ0v) is 9.17. The standard InChI is InChI=1S/C12H11ClO2/c1-15-12-6-5-11(9-14)10(8-12)4-2-3-7-13/h5-6,8-9H,3,7H2,1H3. The molecule has 2 nitrogen and oxygen atoms in total. The van der Waals surface area contributed by atoms with Crippen LogP contribution in [0.1, 0.15) is 22.3 Å². The van der Waals surface area contributed by atoms with Crippen molar-refractivity contribution in [3.63, 3.8) is 0 Å². The topological polar surface area (TPSA) is 26.3 Å². The van der Waals surface area contributed by atoms with E-state index in [1.165, 1.54) is 0 Å². The summed E-state index contributed by atoms with van der Waals surface area (Å²) >= 11 is 5.50. The summed E-state index contributed by atoms with van der Waals surface area (Å²) in [5.41, 5.74) is 1.24. The second-order valence-corrected chi connectivity index (χ2v) is 3.19. The van der Waals surface area contributed by atoms with Gasteiger partial charge in [-0.2, -0.15) is 0 Å². The van der Waals surface area contributed by atoms with Gasteiger partial charge in [0.15, 0.2) is 6.29 Å². The molecule has 1 aromatic carbocycles. The van der Waals surface area contributed by atoms with E-state index >= 15 is 0 Å². The fourth-order valence-electron chi connectivity index (χ4n) is 1.08. The van der Waals surface area contributed by atoms with Gasteiger partial charge in [-0.15, -0.1) is 11.6 Å². The quantitative estimate of drug-likeness (QED) is 0.446. The highest BCUT2D eigenvalue weighted by molar-refractivity contribution is 6.18. The van der Waals surface area contributed by atoms with Crippen molar-refractivity contribution < 1.29 is 9.53 Å². The maximum atomic E-state index is 10.7. The molecule has 0 unspecified atom stereocenters. The minimum absolute atomic E-state index is 0.493. The van der Waals surface area contributed by atoms with Crippen LogP contribution in [-0.4, -0.2) is 19.3 Å². The molecule has 0 saturated heterocycles. The fraction of sp³-hybridized carbons (Fsp3) is 0.250. The number of hydrogen-bond donors (Lipinski definition) is 0. The molecule has 1 rings (SSSR count). The van der Waals surface area contributed by atoms with Crippen molar-refractivity contribution in [3.05, 3.63) is 29.3 Å². The molecule has 0 fully saturated rings. The summed E-state index contributed by atoms with van der Waals surface area (Å²) in [7, 11) is 1.58. The van der Waals surface area contributed by atoms with Crippen molar-refractivity contribution in [1.29, 1.82) is 0 Å². The Morgan fingerprint density at radius 2 is 2.33 bits per heavy atom. The summed E-state index contributed by atoms with van der Waals surface area (Å²) < 4.78 is 5.05. The second-order valence-electron chi connectivity index (χ2n) is 2.81. The Morgan fingerprint density at radius 3 is 2.93 bits per heavy atom. The largest absolute Gasteiger partial charge is 0.497 e. The van der Waals surface area contributed by atoms with E-state index in [2.05, 4.69) is 11.8 Å². The third kappa shape index (κ3) is 3.30. The monoisotopic (exact) mass is 222 g/mol. The fourth-order valence-corrected chi connectivity index (χ4v) is 1.17. The first kappa shape index (κ1) is 11.6. The summed E-state index contributed by atoms with van der Waals surface area (Å²) in [6.45, 7) is 0. The van der Waals surface area contributed by atoms with Gasteiger partial charge in [0.25, 0.3) is 0 Å². The third-order valence-electron chi connectivity index (χ3n) is 1.83. The smallest absolute Gasteiger partial charge is 0.151 e. The molecule has 0 amide bonds. The molecule has 0 aliphatic rings. The van der Waals surface area contributed by atoms with Gasteiger partial charge in [0, 0.05) is 23.4 Å². The van der Waals surface area contributed by atoms with Gasteiger partial charge < -0.3 is 4.74 Å². The first-order valence-corrected chi connectivity index (χ1v) is 5.03. The molecular weight excluding hydrogens is 212 g/mol. The molecule has 0 saturated carbocycles. The SMILES string of the molecule is COc1ccc(C=O)c(C#CCCCl)c1. The molecule has 0 N–H and O–H groups in total. The number of benzene rings is 1. The van der Waals surface area contributed by atoms with Crippen LogP contribution in [0.2, 0.25) is 0 Å². The first-order valence-electron chi connectivity index (χ1n) is 4.50. The third-order valence-corrected chi connectivity index (χ3v) is 2.02. The highest BCUT2D eigenvalue weighted by Gasteiger charge is 2.00. The van der Waals surface area contributed by atoms with Crippen LogP contribution in [0.15, 0.2) is 18.2 Å². The van der Waals surface area contributed by atoms with Gasteiger partial charge in [0.1, 0.15) is 5.75 Å². The summed E-state index contributed by atoms with van der Waals surface area (Å²) in [6, 6.07) is 5.16. The Bertz CT molecular complexity index is 402. The predicted octanol–water partition coefficient (Wildman–Crippen LogP) is 2.49. The van der Waals surface area contributed by atoms with E-state index in [0.29, 0.717) is 29.2 Å². The number of alkyl halides is 1. The zero-order chi connectivity index (χ0) is 11.1.